The van der Waals surface area contributed by atoms with Crippen LogP contribution in [0.2, 0.25) is 0 Å². The van der Waals surface area contributed by atoms with Gasteiger partial charge in [-0.15, -0.1) is 0 Å². The highest BCUT2D eigenvalue weighted by atomic mass is 32.1. The molecule has 1 fully saturated rings. The van der Waals surface area contributed by atoms with Gasteiger partial charge >= 0.3 is 0 Å². The van der Waals surface area contributed by atoms with E-state index in [1.54, 1.807) is 7.11 Å². The van der Waals surface area contributed by atoms with E-state index in [2.05, 4.69) is 54.3 Å². The minimum Gasteiger partial charge on any atom is -0.496 e. The van der Waals surface area contributed by atoms with Gasteiger partial charge in [-0.3, -0.25) is 0 Å². The Labute approximate surface area is 154 Å². The summed E-state index contributed by atoms with van der Waals surface area (Å²) in [5, 5.41) is 0. The first kappa shape index (κ1) is 17.6. The number of ether oxygens (including phenoxy) is 2. The van der Waals surface area contributed by atoms with Crippen molar-refractivity contribution in [1.82, 2.24) is 4.90 Å². The summed E-state index contributed by atoms with van der Waals surface area (Å²) in [5.74, 6) is 0.895. The van der Waals surface area contributed by atoms with E-state index in [1.807, 2.05) is 12.1 Å². The predicted octanol–water partition coefficient (Wildman–Crippen LogP) is 4.09. The average Bonchev–Trinajstić information content (AvgIpc) is 2.67. The molecular weight excluding hydrogens is 330 g/mol. The van der Waals surface area contributed by atoms with Gasteiger partial charge in [-0.1, -0.05) is 48.6 Å². The van der Waals surface area contributed by atoms with Gasteiger partial charge in [-0.25, -0.2) is 0 Å². The monoisotopic (exact) mass is 353 g/mol. The van der Waals surface area contributed by atoms with Crippen LogP contribution < -0.4 is 4.74 Å². The number of rotatable bonds is 4. The molecule has 0 amide bonds. The van der Waals surface area contributed by atoms with Crippen molar-refractivity contribution in [1.29, 1.82) is 0 Å². The first-order chi connectivity index (χ1) is 12.2. The maximum Gasteiger partial charge on any atom is 0.121 e. The second-order valence-electron chi connectivity index (χ2n) is 6.05. The molecule has 0 aliphatic carbocycles. The van der Waals surface area contributed by atoms with Gasteiger partial charge in [-0.2, -0.15) is 0 Å². The molecule has 0 spiro atoms. The normalized spacial score (nSPS) is 15.1. The molecule has 3 rings (SSSR count). The smallest absolute Gasteiger partial charge is 0.121 e. The summed E-state index contributed by atoms with van der Waals surface area (Å²) in [4.78, 5) is 3.06. The van der Waals surface area contributed by atoms with E-state index in [-0.39, 0.29) is 0 Å². The first-order valence-corrected chi connectivity index (χ1v) is 8.88. The van der Waals surface area contributed by atoms with Gasteiger partial charge in [0.2, 0.25) is 0 Å². The second-order valence-corrected chi connectivity index (χ2v) is 6.46. The third kappa shape index (κ3) is 4.27. The molecule has 1 aliphatic rings. The van der Waals surface area contributed by atoms with E-state index >= 15 is 0 Å². The zero-order chi connectivity index (χ0) is 17.6. The average molecular weight is 353 g/mol. The number of aryl methyl sites for hydroxylation is 1. The van der Waals surface area contributed by atoms with Crippen molar-refractivity contribution < 1.29 is 9.47 Å². The third-order valence-corrected chi connectivity index (χ3v) is 4.76. The standard InChI is InChI=1S/C21H23NO2S/c1-16-14-18(8-9-20(16)23-2)19(17-6-4-3-5-7-17)15-21(25)22-10-12-24-13-11-22/h3-9,14-15H,10-13H2,1-2H3. The van der Waals surface area contributed by atoms with Crippen molar-refractivity contribution in [2.45, 2.75) is 6.92 Å². The fourth-order valence-electron chi connectivity index (χ4n) is 3.00. The van der Waals surface area contributed by atoms with E-state index in [9.17, 15) is 0 Å². The van der Waals surface area contributed by atoms with Crippen LogP contribution in [0.5, 0.6) is 5.75 Å². The number of nitrogens with zero attached hydrogens (tertiary/aromatic N) is 1. The van der Waals surface area contributed by atoms with Gasteiger partial charge in [0, 0.05) is 13.1 Å². The van der Waals surface area contributed by atoms with E-state index in [4.69, 9.17) is 21.7 Å². The maximum atomic E-state index is 5.70. The Morgan fingerprint density at radius 1 is 1.08 bits per heavy atom. The molecule has 1 heterocycles. The van der Waals surface area contributed by atoms with Crippen LogP contribution in [0.4, 0.5) is 0 Å². The van der Waals surface area contributed by atoms with Gasteiger partial charge < -0.3 is 14.4 Å². The SMILES string of the molecule is COc1ccc(C(=CC(=S)N2CCOCC2)c2ccccc2)cc1C. The van der Waals surface area contributed by atoms with Gasteiger partial charge in [0.1, 0.15) is 10.7 Å². The molecule has 0 radical (unpaired) electrons. The Bertz CT molecular complexity index is 765. The molecule has 3 nitrogen and oxygen atoms in total. The van der Waals surface area contributed by atoms with Crippen LogP contribution in [0, 0.1) is 6.92 Å². The summed E-state index contributed by atoms with van der Waals surface area (Å²) < 4.78 is 10.8. The summed E-state index contributed by atoms with van der Waals surface area (Å²) >= 11 is 5.70. The van der Waals surface area contributed by atoms with Crippen LogP contribution in [0.25, 0.3) is 5.57 Å². The number of hydrogen-bond acceptors (Lipinski definition) is 3. The minimum absolute atomic E-state index is 0.732. The highest BCUT2D eigenvalue weighted by Gasteiger charge is 2.14. The van der Waals surface area contributed by atoms with Gasteiger partial charge in [-0.05, 0) is 47.4 Å². The molecule has 0 atom stereocenters. The van der Waals surface area contributed by atoms with Gasteiger partial charge in [0.05, 0.1) is 20.3 Å². The molecule has 0 unspecified atom stereocenters. The lowest BCUT2D eigenvalue weighted by molar-refractivity contribution is 0.0694. The molecule has 0 aromatic heterocycles. The molecule has 2 aromatic carbocycles. The first-order valence-electron chi connectivity index (χ1n) is 8.48. The van der Waals surface area contributed by atoms with Crippen molar-refractivity contribution in [3.05, 3.63) is 71.3 Å². The van der Waals surface area contributed by atoms with E-state index in [0.717, 1.165) is 59.3 Å². The summed E-state index contributed by atoms with van der Waals surface area (Å²) in [7, 11) is 1.70. The number of morpholine rings is 1. The molecule has 25 heavy (non-hydrogen) atoms. The van der Waals surface area contributed by atoms with Crippen molar-refractivity contribution in [3.8, 4) is 5.75 Å². The maximum absolute atomic E-state index is 5.70. The van der Waals surface area contributed by atoms with Crippen LogP contribution in [0.3, 0.4) is 0 Å². The molecule has 1 saturated heterocycles. The van der Waals surface area contributed by atoms with Crippen LogP contribution in [-0.2, 0) is 4.74 Å². The number of thiocarbonyl (C=S) groups is 1. The topological polar surface area (TPSA) is 21.7 Å². The van der Waals surface area contributed by atoms with Crippen molar-refractivity contribution in [2.75, 3.05) is 33.4 Å². The number of hydrogen-bond donors (Lipinski definition) is 0. The Hall–Kier alpha value is -2.17. The number of benzene rings is 2. The Kier molecular flexibility index (Phi) is 5.84. The Morgan fingerprint density at radius 3 is 2.44 bits per heavy atom. The molecule has 0 bridgehead atoms. The van der Waals surface area contributed by atoms with Crippen molar-refractivity contribution in [3.63, 3.8) is 0 Å². The van der Waals surface area contributed by atoms with Crippen LogP contribution in [-0.4, -0.2) is 43.3 Å². The van der Waals surface area contributed by atoms with Crippen LogP contribution >= 0.6 is 12.2 Å². The predicted molar refractivity (Wildman–Crippen MR) is 106 cm³/mol. The lowest BCUT2D eigenvalue weighted by Gasteiger charge is -2.28. The van der Waals surface area contributed by atoms with Crippen molar-refractivity contribution in [2.24, 2.45) is 0 Å². The number of methoxy groups -OCH3 is 1. The quantitative estimate of drug-likeness (QED) is 0.609. The molecule has 0 N–H and O–H groups in total. The Balaban J connectivity index is 1.99. The van der Waals surface area contributed by atoms with Crippen LogP contribution in [0.1, 0.15) is 16.7 Å². The largest absolute Gasteiger partial charge is 0.496 e. The zero-order valence-corrected chi connectivity index (χ0v) is 15.5. The lowest BCUT2D eigenvalue weighted by Crippen LogP contribution is -2.39. The molecular formula is C21H23NO2S. The summed E-state index contributed by atoms with van der Waals surface area (Å²) in [6.45, 7) is 5.22. The zero-order valence-electron chi connectivity index (χ0n) is 14.7. The second kappa shape index (κ2) is 8.28. The molecule has 0 saturated carbocycles. The van der Waals surface area contributed by atoms with E-state index in [1.165, 1.54) is 0 Å². The van der Waals surface area contributed by atoms with Crippen molar-refractivity contribution >= 4 is 22.8 Å². The molecule has 2 aromatic rings. The fraction of sp³-hybridized carbons (Fsp3) is 0.286. The van der Waals surface area contributed by atoms with Gasteiger partial charge in [0.15, 0.2) is 0 Å². The Morgan fingerprint density at radius 2 is 1.80 bits per heavy atom. The van der Waals surface area contributed by atoms with Crippen LogP contribution in [0.15, 0.2) is 54.6 Å². The minimum atomic E-state index is 0.732. The van der Waals surface area contributed by atoms with Gasteiger partial charge in [0.25, 0.3) is 0 Å². The third-order valence-electron chi connectivity index (χ3n) is 4.38. The summed E-state index contributed by atoms with van der Waals surface area (Å²) in [5.41, 5.74) is 4.53. The summed E-state index contributed by atoms with van der Waals surface area (Å²) in [6, 6.07) is 16.6. The molecule has 1 aliphatic heterocycles. The highest BCUT2D eigenvalue weighted by molar-refractivity contribution is 7.80. The highest BCUT2D eigenvalue weighted by Crippen LogP contribution is 2.28. The fourth-order valence-corrected chi connectivity index (χ4v) is 3.30. The molecule has 130 valence electrons. The van der Waals surface area contributed by atoms with E-state index in [0.29, 0.717) is 0 Å². The lowest BCUT2D eigenvalue weighted by atomic mass is 9.96. The molecule has 4 heteroatoms. The summed E-state index contributed by atoms with van der Waals surface area (Å²) in [6.07, 6.45) is 2.11. The van der Waals surface area contributed by atoms with E-state index < -0.39 is 0 Å².